The number of furan rings is 1. The van der Waals surface area contributed by atoms with Crippen LogP contribution in [0, 0.1) is 3.57 Å². The van der Waals surface area contributed by atoms with E-state index in [4.69, 9.17) is 10.2 Å². The van der Waals surface area contributed by atoms with E-state index in [0.717, 1.165) is 23.5 Å². The fourth-order valence-corrected chi connectivity index (χ4v) is 2.36. The molecule has 1 atom stereocenters. The van der Waals surface area contributed by atoms with Crippen molar-refractivity contribution in [3.8, 4) is 0 Å². The van der Waals surface area contributed by atoms with Crippen molar-refractivity contribution < 1.29 is 4.42 Å². The van der Waals surface area contributed by atoms with Crippen molar-refractivity contribution in [2.24, 2.45) is 5.73 Å². The number of hydrogen-bond acceptors (Lipinski definition) is 2. The summed E-state index contributed by atoms with van der Waals surface area (Å²) in [5, 5.41) is 0. The molecule has 2 rings (SSSR count). The molecule has 0 amide bonds. The Morgan fingerprint density at radius 1 is 1.25 bits per heavy atom. The van der Waals surface area contributed by atoms with Gasteiger partial charge in [-0.1, -0.05) is 25.1 Å². The number of rotatable bonds is 3. The first-order valence-electron chi connectivity index (χ1n) is 5.31. The third kappa shape index (κ3) is 2.30. The van der Waals surface area contributed by atoms with Crippen LogP contribution >= 0.6 is 22.6 Å². The average molecular weight is 327 g/mol. The molecule has 0 aliphatic rings. The van der Waals surface area contributed by atoms with Crippen LogP contribution in [0.5, 0.6) is 0 Å². The van der Waals surface area contributed by atoms with E-state index >= 15 is 0 Å². The first-order chi connectivity index (χ1) is 7.72. The number of nitrogens with two attached hydrogens (primary N) is 1. The maximum Gasteiger partial charge on any atom is 0.125 e. The van der Waals surface area contributed by atoms with Crippen LogP contribution in [-0.4, -0.2) is 0 Å². The second-order valence-corrected chi connectivity index (χ2v) is 4.82. The predicted octanol–water partition coefficient (Wildman–Crippen LogP) is 3.49. The Balaban J connectivity index is 2.31. The van der Waals surface area contributed by atoms with Crippen LogP contribution < -0.4 is 5.73 Å². The van der Waals surface area contributed by atoms with Gasteiger partial charge in [0, 0.05) is 9.99 Å². The normalized spacial score (nSPS) is 12.7. The number of aryl methyl sites for hydroxylation is 1. The van der Waals surface area contributed by atoms with Gasteiger partial charge in [-0.15, -0.1) is 0 Å². The molecule has 2 aromatic rings. The molecule has 0 saturated carbocycles. The molecule has 1 aromatic carbocycles. The van der Waals surface area contributed by atoms with Gasteiger partial charge in [0.25, 0.3) is 0 Å². The smallest absolute Gasteiger partial charge is 0.125 e. The van der Waals surface area contributed by atoms with Crippen LogP contribution in [0.3, 0.4) is 0 Å². The summed E-state index contributed by atoms with van der Waals surface area (Å²) < 4.78 is 6.84. The second kappa shape index (κ2) is 5.01. The Bertz CT molecular complexity index is 478. The Hall–Kier alpha value is -0.810. The van der Waals surface area contributed by atoms with Crippen molar-refractivity contribution in [2.45, 2.75) is 19.4 Å². The maximum absolute atomic E-state index is 6.19. The van der Waals surface area contributed by atoms with Crippen LogP contribution in [0.4, 0.5) is 0 Å². The molecule has 84 valence electrons. The van der Waals surface area contributed by atoms with Crippen LogP contribution in [0.2, 0.25) is 0 Å². The Labute approximate surface area is 109 Å². The van der Waals surface area contributed by atoms with Crippen molar-refractivity contribution in [3.63, 3.8) is 0 Å². The summed E-state index contributed by atoms with van der Waals surface area (Å²) in [6.45, 7) is 2.07. The molecule has 0 fully saturated rings. The van der Waals surface area contributed by atoms with Gasteiger partial charge in [0.1, 0.15) is 11.5 Å². The molecular weight excluding hydrogens is 313 g/mol. The number of halogens is 1. The number of benzene rings is 1. The fourth-order valence-electron chi connectivity index (χ4n) is 1.63. The Morgan fingerprint density at radius 2 is 2.00 bits per heavy atom. The lowest BCUT2D eigenvalue weighted by Gasteiger charge is -2.11. The standard InChI is InChI=1S/C13H14INO/c1-2-9-7-8-12(16-9)13(15)10-5-3-4-6-11(10)14/h3-8,13H,2,15H2,1H3. The highest BCUT2D eigenvalue weighted by atomic mass is 127. The monoisotopic (exact) mass is 327 g/mol. The number of hydrogen-bond donors (Lipinski definition) is 1. The summed E-state index contributed by atoms with van der Waals surface area (Å²) in [6, 6.07) is 11.9. The Morgan fingerprint density at radius 3 is 2.62 bits per heavy atom. The van der Waals surface area contributed by atoms with Gasteiger partial charge in [-0.05, 0) is 46.4 Å². The van der Waals surface area contributed by atoms with Gasteiger partial charge in [-0.2, -0.15) is 0 Å². The van der Waals surface area contributed by atoms with Crippen LogP contribution in [0.15, 0.2) is 40.8 Å². The van der Waals surface area contributed by atoms with Gasteiger partial charge in [-0.25, -0.2) is 0 Å². The van der Waals surface area contributed by atoms with Gasteiger partial charge in [0.2, 0.25) is 0 Å². The van der Waals surface area contributed by atoms with Crippen molar-refractivity contribution in [2.75, 3.05) is 0 Å². The molecule has 2 N–H and O–H groups in total. The summed E-state index contributed by atoms with van der Waals surface area (Å²) in [5.74, 6) is 1.82. The lowest BCUT2D eigenvalue weighted by atomic mass is 10.1. The first-order valence-corrected chi connectivity index (χ1v) is 6.39. The molecular formula is C13H14INO. The molecule has 0 aliphatic heterocycles. The summed E-state index contributed by atoms with van der Waals surface area (Å²) in [4.78, 5) is 0. The van der Waals surface area contributed by atoms with E-state index < -0.39 is 0 Å². The molecule has 0 spiro atoms. The zero-order valence-electron chi connectivity index (χ0n) is 9.11. The average Bonchev–Trinajstić information content (AvgIpc) is 2.77. The van der Waals surface area contributed by atoms with Crippen molar-refractivity contribution in [1.82, 2.24) is 0 Å². The summed E-state index contributed by atoms with van der Waals surface area (Å²) >= 11 is 2.30. The molecule has 2 nitrogen and oxygen atoms in total. The SMILES string of the molecule is CCc1ccc(C(N)c2ccccc2I)o1. The molecule has 1 unspecified atom stereocenters. The van der Waals surface area contributed by atoms with Gasteiger partial charge >= 0.3 is 0 Å². The molecule has 1 heterocycles. The zero-order valence-corrected chi connectivity index (χ0v) is 11.3. The van der Waals surface area contributed by atoms with E-state index in [1.165, 1.54) is 3.57 Å². The van der Waals surface area contributed by atoms with Gasteiger partial charge in [0.05, 0.1) is 6.04 Å². The molecule has 0 radical (unpaired) electrons. The zero-order chi connectivity index (χ0) is 11.5. The minimum absolute atomic E-state index is 0.173. The highest BCUT2D eigenvalue weighted by molar-refractivity contribution is 14.1. The summed E-state index contributed by atoms with van der Waals surface area (Å²) in [6.07, 6.45) is 0.901. The fraction of sp³-hybridized carbons (Fsp3) is 0.231. The molecule has 0 aliphatic carbocycles. The van der Waals surface area contributed by atoms with E-state index in [1.807, 2.05) is 30.3 Å². The van der Waals surface area contributed by atoms with Crippen molar-refractivity contribution in [3.05, 3.63) is 57.1 Å². The van der Waals surface area contributed by atoms with Crippen molar-refractivity contribution in [1.29, 1.82) is 0 Å². The maximum atomic E-state index is 6.19. The van der Waals surface area contributed by atoms with Crippen molar-refractivity contribution >= 4 is 22.6 Å². The van der Waals surface area contributed by atoms with Crippen LogP contribution in [0.25, 0.3) is 0 Å². The van der Waals surface area contributed by atoms with E-state index in [-0.39, 0.29) is 6.04 Å². The van der Waals surface area contributed by atoms with Crippen LogP contribution in [-0.2, 0) is 6.42 Å². The second-order valence-electron chi connectivity index (χ2n) is 3.66. The van der Waals surface area contributed by atoms with Gasteiger partial charge in [0.15, 0.2) is 0 Å². The highest BCUT2D eigenvalue weighted by Gasteiger charge is 2.15. The highest BCUT2D eigenvalue weighted by Crippen LogP contribution is 2.25. The summed E-state index contributed by atoms with van der Waals surface area (Å²) in [7, 11) is 0. The lowest BCUT2D eigenvalue weighted by molar-refractivity contribution is 0.453. The van der Waals surface area contributed by atoms with E-state index in [9.17, 15) is 0 Å². The van der Waals surface area contributed by atoms with Gasteiger partial charge in [-0.3, -0.25) is 0 Å². The predicted molar refractivity (Wildman–Crippen MR) is 73.3 cm³/mol. The molecule has 3 heteroatoms. The van der Waals surface area contributed by atoms with E-state index in [2.05, 4.69) is 35.6 Å². The third-order valence-corrected chi connectivity index (χ3v) is 3.56. The van der Waals surface area contributed by atoms with Gasteiger partial charge < -0.3 is 10.2 Å². The van der Waals surface area contributed by atoms with E-state index in [0.29, 0.717) is 0 Å². The largest absolute Gasteiger partial charge is 0.464 e. The quantitative estimate of drug-likeness (QED) is 0.877. The molecule has 0 saturated heterocycles. The molecule has 16 heavy (non-hydrogen) atoms. The third-order valence-electron chi connectivity index (χ3n) is 2.58. The molecule has 1 aromatic heterocycles. The van der Waals surface area contributed by atoms with E-state index in [1.54, 1.807) is 0 Å². The topological polar surface area (TPSA) is 39.2 Å². The molecule has 0 bridgehead atoms. The first kappa shape index (κ1) is 11.7. The minimum Gasteiger partial charge on any atom is -0.464 e. The minimum atomic E-state index is -0.173. The summed E-state index contributed by atoms with van der Waals surface area (Å²) in [5.41, 5.74) is 7.30. The van der Waals surface area contributed by atoms with Crippen LogP contribution in [0.1, 0.15) is 30.0 Å². The lowest BCUT2D eigenvalue weighted by Crippen LogP contribution is -2.12. The Kier molecular flexibility index (Phi) is 3.66.